The Morgan fingerprint density at radius 3 is 3.14 bits per heavy atom. The summed E-state index contributed by atoms with van der Waals surface area (Å²) in [5.41, 5.74) is 2.50. The fourth-order valence-corrected chi connectivity index (χ4v) is 1.81. The lowest BCUT2D eigenvalue weighted by atomic mass is 10.0. The second kappa shape index (κ2) is 3.80. The van der Waals surface area contributed by atoms with E-state index in [0.29, 0.717) is 6.42 Å². The molecule has 0 spiro atoms. The minimum atomic E-state index is -0.167. The van der Waals surface area contributed by atoms with Crippen molar-refractivity contribution in [2.24, 2.45) is 0 Å². The van der Waals surface area contributed by atoms with Crippen molar-refractivity contribution in [1.29, 1.82) is 0 Å². The fourth-order valence-electron chi connectivity index (χ4n) is 1.81. The van der Waals surface area contributed by atoms with Crippen molar-refractivity contribution in [2.75, 3.05) is 7.11 Å². The van der Waals surface area contributed by atoms with Gasteiger partial charge in [0, 0.05) is 12.6 Å². The van der Waals surface area contributed by atoms with Crippen molar-refractivity contribution in [3.8, 4) is 0 Å². The highest BCUT2D eigenvalue weighted by Gasteiger charge is 2.23. The molecular weight excluding hydrogens is 178 g/mol. The Labute approximate surface area is 83.1 Å². The molecule has 1 aliphatic rings. The first kappa shape index (κ1) is 9.21. The predicted octanol–water partition coefficient (Wildman–Crippen LogP) is 1.39. The molecule has 0 aliphatic carbocycles. The lowest BCUT2D eigenvalue weighted by Crippen LogP contribution is -2.17. The summed E-state index contributed by atoms with van der Waals surface area (Å²) in [5, 5.41) is 3.29. The summed E-state index contributed by atoms with van der Waals surface area (Å²) in [6, 6.07) is 8.28. The van der Waals surface area contributed by atoms with Gasteiger partial charge in [-0.1, -0.05) is 24.3 Å². The Bertz CT molecular complexity index is 349. The van der Waals surface area contributed by atoms with Crippen LogP contribution in [-0.4, -0.2) is 13.1 Å². The van der Waals surface area contributed by atoms with Gasteiger partial charge in [0.25, 0.3) is 0 Å². The van der Waals surface area contributed by atoms with E-state index in [-0.39, 0.29) is 12.0 Å². The van der Waals surface area contributed by atoms with Crippen LogP contribution in [0.2, 0.25) is 0 Å². The molecule has 0 unspecified atom stereocenters. The molecular formula is C11H13NO2. The highest BCUT2D eigenvalue weighted by atomic mass is 16.5. The van der Waals surface area contributed by atoms with Crippen LogP contribution in [0.15, 0.2) is 24.3 Å². The number of carbonyl (C=O) groups excluding carboxylic acids is 1. The zero-order valence-electron chi connectivity index (χ0n) is 8.12. The van der Waals surface area contributed by atoms with Crippen molar-refractivity contribution < 1.29 is 9.53 Å². The highest BCUT2D eigenvalue weighted by molar-refractivity contribution is 5.70. The molecule has 0 aromatic heterocycles. The summed E-state index contributed by atoms with van der Waals surface area (Å²) in [7, 11) is 1.42. The van der Waals surface area contributed by atoms with Crippen LogP contribution in [0, 0.1) is 0 Å². The van der Waals surface area contributed by atoms with Gasteiger partial charge in [0.2, 0.25) is 0 Å². The van der Waals surface area contributed by atoms with E-state index in [0.717, 1.165) is 6.54 Å². The van der Waals surface area contributed by atoms with Crippen LogP contribution < -0.4 is 5.32 Å². The number of nitrogens with one attached hydrogen (secondary N) is 1. The molecule has 0 saturated heterocycles. The molecule has 74 valence electrons. The zero-order valence-corrected chi connectivity index (χ0v) is 8.12. The molecule has 1 heterocycles. The van der Waals surface area contributed by atoms with E-state index in [1.807, 2.05) is 12.1 Å². The molecule has 1 aromatic rings. The van der Waals surface area contributed by atoms with Gasteiger partial charge in [-0.3, -0.25) is 4.79 Å². The van der Waals surface area contributed by atoms with Gasteiger partial charge in [-0.25, -0.2) is 0 Å². The first-order valence-electron chi connectivity index (χ1n) is 4.69. The molecule has 1 aromatic carbocycles. The van der Waals surface area contributed by atoms with Gasteiger partial charge >= 0.3 is 5.97 Å². The molecule has 3 heteroatoms. The topological polar surface area (TPSA) is 38.3 Å². The molecule has 0 amide bonds. The van der Waals surface area contributed by atoms with E-state index >= 15 is 0 Å². The first-order chi connectivity index (χ1) is 6.81. The maximum atomic E-state index is 11.1. The standard InChI is InChI=1S/C11H13NO2/c1-14-11(13)6-10-9-5-3-2-4-8(9)7-12-10/h2-5,10,12H,6-7H2,1H3/t10-/m0/s1. The van der Waals surface area contributed by atoms with E-state index in [1.165, 1.54) is 18.2 Å². The molecule has 0 saturated carbocycles. The molecule has 1 atom stereocenters. The molecule has 0 fully saturated rings. The van der Waals surface area contributed by atoms with Gasteiger partial charge in [0.1, 0.15) is 0 Å². The van der Waals surface area contributed by atoms with Crippen molar-refractivity contribution in [3.05, 3.63) is 35.4 Å². The number of fused-ring (bicyclic) bond motifs is 1. The van der Waals surface area contributed by atoms with Crippen LogP contribution in [0.3, 0.4) is 0 Å². The smallest absolute Gasteiger partial charge is 0.307 e. The monoisotopic (exact) mass is 191 g/mol. The summed E-state index contributed by atoms with van der Waals surface area (Å²) >= 11 is 0. The minimum Gasteiger partial charge on any atom is -0.469 e. The molecule has 1 N–H and O–H groups in total. The van der Waals surface area contributed by atoms with Crippen molar-refractivity contribution in [1.82, 2.24) is 5.32 Å². The Balaban J connectivity index is 2.14. The van der Waals surface area contributed by atoms with E-state index < -0.39 is 0 Å². The summed E-state index contributed by atoms with van der Waals surface area (Å²) in [5.74, 6) is -0.167. The molecule has 14 heavy (non-hydrogen) atoms. The summed E-state index contributed by atoms with van der Waals surface area (Å²) in [4.78, 5) is 11.1. The third-order valence-electron chi connectivity index (χ3n) is 2.57. The van der Waals surface area contributed by atoms with Gasteiger partial charge in [0.15, 0.2) is 0 Å². The van der Waals surface area contributed by atoms with E-state index in [2.05, 4.69) is 22.2 Å². The third-order valence-corrected chi connectivity index (χ3v) is 2.57. The summed E-state index contributed by atoms with van der Waals surface area (Å²) in [6.07, 6.45) is 0.410. The first-order valence-corrected chi connectivity index (χ1v) is 4.69. The largest absolute Gasteiger partial charge is 0.469 e. The average Bonchev–Trinajstić information content (AvgIpc) is 2.62. The van der Waals surface area contributed by atoms with E-state index in [1.54, 1.807) is 0 Å². The quantitative estimate of drug-likeness (QED) is 0.718. The number of carbonyl (C=O) groups is 1. The normalized spacial score (nSPS) is 19.1. The lowest BCUT2D eigenvalue weighted by Gasteiger charge is -2.09. The Morgan fingerprint density at radius 2 is 2.36 bits per heavy atom. The second-order valence-corrected chi connectivity index (χ2v) is 3.41. The summed E-state index contributed by atoms with van der Waals surface area (Å²) < 4.78 is 4.65. The SMILES string of the molecule is COC(=O)C[C@@H]1NCc2ccccc21. The molecule has 2 rings (SSSR count). The van der Waals surface area contributed by atoms with Gasteiger partial charge in [-0.05, 0) is 11.1 Å². The Kier molecular flexibility index (Phi) is 2.50. The van der Waals surface area contributed by atoms with Crippen LogP contribution in [0.25, 0.3) is 0 Å². The maximum Gasteiger partial charge on any atom is 0.307 e. The van der Waals surface area contributed by atoms with Gasteiger partial charge < -0.3 is 10.1 Å². The Morgan fingerprint density at radius 1 is 1.57 bits per heavy atom. The van der Waals surface area contributed by atoms with Crippen LogP contribution in [0.5, 0.6) is 0 Å². The Hall–Kier alpha value is -1.35. The number of ether oxygens (including phenoxy) is 1. The van der Waals surface area contributed by atoms with Crippen LogP contribution in [0.4, 0.5) is 0 Å². The maximum absolute atomic E-state index is 11.1. The lowest BCUT2D eigenvalue weighted by molar-refractivity contribution is -0.141. The zero-order chi connectivity index (χ0) is 9.97. The minimum absolute atomic E-state index is 0.124. The van der Waals surface area contributed by atoms with Crippen LogP contribution in [-0.2, 0) is 16.1 Å². The number of rotatable bonds is 2. The van der Waals surface area contributed by atoms with Crippen molar-refractivity contribution in [3.63, 3.8) is 0 Å². The van der Waals surface area contributed by atoms with Crippen LogP contribution in [0.1, 0.15) is 23.6 Å². The number of methoxy groups -OCH3 is 1. The van der Waals surface area contributed by atoms with Crippen molar-refractivity contribution >= 4 is 5.97 Å². The van der Waals surface area contributed by atoms with E-state index in [9.17, 15) is 4.79 Å². The van der Waals surface area contributed by atoms with Crippen LogP contribution >= 0.6 is 0 Å². The number of hydrogen-bond donors (Lipinski definition) is 1. The molecule has 1 aliphatic heterocycles. The second-order valence-electron chi connectivity index (χ2n) is 3.41. The predicted molar refractivity (Wildman–Crippen MR) is 52.7 cm³/mol. The molecule has 3 nitrogen and oxygen atoms in total. The van der Waals surface area contributed by atoms with Gasteiger partial charge in [-0.15, -0.1) is 0 Å². The fraction of sp³-hybridized carbons (Fsp3) is 0.364. The molecule has 0 radical (unpaired) electrons. The van der Waals surface area contributed by atoms with E-state index in [4.69, 9.17) is 0 Å². The number of esters is 1. The van der Waals surface area contributed by atoms with Crippen molar-refractivity contribution in [2.45, 2.75) is 19.0 Å². The number of hydrogen-bond acceptors (Lipinski definition) is 3. The number of benzene rings is 1. The van der Waals surface area contributed by atoms with Gasteiger partial charge in [-0.2, -0.15) is 0 Å². The highest BCUT2D eigenvalue weighted by Crippen LogP contribution is 2.27. The average molecular weight is 191 g/mol. The van der Waals surface area contributed by atoms with Gasteiger partial charge in [0.05, 0.1) is 13.5 Å². The molecule has 0 bridgehead atoms. The third kappa shape index (κ3) is 1.63. The summed E-state index contributed by atoms with van der Waals surface area (Å²) in [6.45, 7) is 0.845.